The van der Waals surface area contributed by atoms with E-state index < -0.39 is 17.4 Å². The average Bonchev–Trinajstić information content (AvgIpc) is 2.55. The van der Waals surface area contributed by atoms with Crippen LogP contribution < -0.4 is 5.32 Å². The monoisotopic (exact) mass is 474 g/mol. The van der Waals surface area contributed by atoms with Crippen LogP contribution in [0.1, 0.15) is 45.4 Å². The molecule has 146 valence electrons. The highest BCUT2D eigenvalue weighted by Gasteiger charge is 2.60. The van der Waals surface area contributed by atoms with Crippen LogP contribution in [0.3, 0.4) is 0 Å². The molecule has 8 heteroatoms. The number of nitrogens with one attached hydrogen (secondary N) is 1. The highest BCUT2D eigenvalue weighted by molar-refractivity contribution is 9.10. The van der Waals surface area contributed by atoms with Gasteiger partial charge in [-0.3, -0.25) is 9.59 Å². The molecule has 1 heterocycles. The Morgan fingerprint density at radius 2 is 1.96 bits per heavy atom. The van der Waals surface area contributed by atoms with Crippen LogP contribution in [0.4, 0.5) is 5.82 Å². The Kier molecular flexibility index (Phi) is 4.97. The minimum absolute atomic E-state index is 0.0579. The summed E-state index contributed by atoms with van der Waals surface area (Å²) in [7, 11) is 0. The third kappa shape index (κ3) is 3.73. The lowest BCUT2D eigenvalue weighted by Gasteiger charge is -2.58. The Hall–Kier alpha value is -0.850. The van der Waals surface area contributed by atoms with Gasteiger partial charge in [0.1, 0.15) is 0 Å². The van der Waals surface area contributed by atoms with Crippen molar-refractivity contribution in [1.29, 1.82) is 0 Å². The van der Waals surface area contributed by atoms with Crippen LogP contribution in [0.15, 0.2) is 12.3 Å². The first kappa shape index (κ1) is 19.5. The molecular formula is C19H21BrCl2N2O3. The fraction of sp³-hybridized carbons (Fsp3) is 0.632. The molecule has 0 spiro atoms. The first-order valence-electron chi connectivity index (χ1n) is 9.20. The summed E-state index contributed by atoms with van der Waals surface area (Å²) < 4.78 is 5.67. The number of hydrogen-bond donors (Lipinski definition) is 1. The molecule has 1 amide bonds. The zero-order valence-electron chi connectivity index (χ0n) is 14.9. The standard InChI is InChI=1S/C19H21BrCl2N2O3/c1-10(16(25)24-15-14(22)3-13(21)8-23-15)27-17(26)18-4-11-2-12(5-18)7-19(20,6-11)9-18/h3,8,10-12H,2,4-7,9H2,1H3,(H,23,24,25). The maximum atomic E-state index is 13.0. The van der Waals surface area contributed by atoms with E-state index >= 15 is 0 Å². The second kappa shape index (κ2) is 6.89. The van der Waals surface area contributed by atoms with Crippen molar-refractivity contribution in [2.75, 3.05) is 5.32 Å². The normalized spacial score (nSPS) is 35.0. The van der Waals surface area contributed by atoms with Gasteiger partial charge in [0.05, 0.1) is 15.5 Å². The predicted octanol–water partition coefficient (Wildman–Crippen LogP) is 4.99. The molecule has 4 bridgehead atoms. The molecule has 4 aliphatic rings. The van der Waals surface area contributed by atoms with Crippen molar-refractivity contribution in [3.05, 3.63) is 22.3 Å². The quantitative estimate of drug-likeness (QED) is 0.491. The van der Waals surface area contributed by atoms with Gasteiger partial charge in [0.2, 0.25) is 0 Å². The van der Waals surface area contributed by atoms with Crippen LogP contribution in [0.25, 0.3) is 0 Å². The van der Waals surface area contributed by atoms with Gasteiger partial charge in [-0.05, 0) is 63.4 Å². The molecule has 0 aliphatic heterocycles. The molecule has 0 radical (unpaired) electrons. The van der Waals surface area contributed by atoms with Crippen molar-refractivity contribution in [3.63, 3.8) is 0 Å². The largest absolute Gasteiger partial charge is 0.452 e. The number of alkyl halides is 1. The van der Waals surface area contributed by atoms with Crippen molar-refractivity contribution >= 4 is 56.8 Å². The zero-order valence-corrected chi connectivity index (χ0v) is 18.0. The summed E-state index contributed by atoms with van der Waals surface area (Å²) in [5.41, 5.74) is -0.460. The van der Waals surface area contributed by atoms with Crippen molar-refractivity contribution in [1.82, 2.24) is 4.98 Å². The fourth-order valence-corrected chi connectivity index (χ4v) is 7.33. The second-order valence-corrected chi connectivity index (χ2v) is 10.9. The number of pyridine rings is 1. The lowest BCUT2D eigenvalue weighted by atomic mass is 9.49. The van der Waals surface area contributed by atoms with E-state index in [9.17, 15) is 9.59 Å². The summed E-state index contributed by atoms with van der Waals surface area (Å²) in [4.78, 5) is 29.5. The first-order chi connectivity index (χ1) is 12.7. The van der Waals surface area contributed by atoms with Crippen LogP contribution >= 0.6 is 39.1 Å². The van der Waals surface area contributed by atoms with Gasteiger partial charge in [-0.15, -0.1) is 0 Å². The maximum Gasteiger partial charge on any atom is 0.312 e. The molecule has 1 N–H and O–H groups in total. The van der Waals surface area contributed by atoms with Crippen LogP contribution in [-0.4, -0.2) is 27.3 Å². The lowest BCUT2D eigenvalue weighted by molar-refractivity contribution is -0.175. The summed E-state index contributed by atoms with van der Waals surface area (Å²) in [6.45, 7) is 1.57. The molecule has 1 aromatic rings. The zero-order chi connectivity index (χ0) is 19.4. The van der Waals surface area contributed by atoms with Crippen molar-refractivity contribution in [3.8, 4) is 0 Å². The maximum absolute atomic E-state index is 13.0. The number of anilines is 1. The van der Waals surface area contributed by atoms with Crippen LogP contribution in [0.2, 0.25) is 10.0 Å². The number of amides is 1. The minimum Gasteiger partial charge on any atom is -0.452 e. The molecule has 4 aliphatic carbocycles. The molecule has 5 rings (SSSR count). The molecule has 27 heavy (non-hydrogen) atoms. The van der Waals surface area contributed by atoms with Gasteiger partial charge in [-0.1, -0.05) is 39.1 Å². The molecule has 1 aromatic heterocycles. The van der Waals surface area contributed by atoms with E-state index in [4.69, 9.17) is 27.9 Å². The summed E-state index contributed by atoms with van der Waals surface area (Å²) in [5.74, 6) is 0.624. The van der Waals surface area contributed by atoms with Crippen molar-refractivity contribution < 1.29 is 14.3 Å². The van der Waals surface area contributed by atoms with Crippen LogP contribution in [-0.2, 0) is 14.3 Å². The molecule has 0 saturated heterocycles. The number of aromatic nitrogens is 1. The molecule has 3 unspecified atom stereocenters. The van der Waals surface area contributed by atoms with Gasteiger partial charge in [-0.25, -0.2) is 4.98 Å². The number of ether oxygens (including phenoxy) is 1. The number of rotatable bonds is 4. The molecule has 4 fully saturated rings. The van der Waals surface area contributed by atoms with E-state index in [1.54, 1.807) is 6.92 Å². The minimum atomic E-state index is -0.926. The molecule has 5 nitrogen and oxygen atoms in total. The van der Waals surface area contributed by atoms with Crippen LogP contribution in [0, 0.1) is 17.3 Å². The van der Waals surface area contributed by atoms with E-state index in [-0.39, 0.29) is 21.1 Å². The average molecular weight is 476 g/mol. The molecule has 0 aromatic carbocycles. The van der Waals surface area contributed by atoms with Crippen molar-refractivity contribution in [2.24, 2.45) is 17.3 Å². The van der Waals surface area contributed by atoms with Gasteiger partial charge in [0.25, 0.3) is 5.91 Å². The number of halogens is 3. The molecule has 3 atom stereocenters. The smallest absolute Gasteiger partial charge is 0.312 e. The Bertz CT molecular complexity index is 789. The first-order valence-corrected chi connectivity index (χ1v) is 10.7. The number of carbonyl (C=O) groups is 2. The Morgan fingerprint density at radius 1 is 1.30 bits per heavy atom. The summed E-state index contributed by atoms with van der Waals surface area (Å²) in [6, 6.07) is 1.49. The van der Waals surface area contributed by atoms with E-state index in [0.717, 1.165) is 32.1 Å². The van der Waals surface area contributed by atoms with Gasteiger partial charge < -0.3 is 10.1 Å². The highest BCUT2D eigenvalue weighted by Crippen LogP contribution is 2.64. The topological polar surface area (TPSA) is 68.3 Å². The summed E-state index contributed by atoms with van der Waals surface area (Å²) in [5, 5.41) is 3.21. The van der Waals surface area contributed by atoms with Gasteiger partial charge >= 0.3 is 5.97 Å². The Balaban J connectivity index is 1.42. The van der Waals surface area contributed by atoms with E-state index in [1.807, 2.05) is 0 Å². The highest BCUT2D eigenvalue weighted by atomic mass is 79.9. The molecular weight excluding hydrogens is 455 g/mol. The van der Waals surface area contributed by atoms with E-state index in [1.165, 1.54) is 18.7 Å². The third-order valence-electron chi connectivity index (χ3n) is 6.13. The van der Waals surface area contributed by atoms with Gasteiger partial charge in [-0.2, -0.15) is 0 Å². The number of nitrogens with zero attached hydrogens (tertiary/aromatic N) is 1. The van der Waals surface area contributed by atoms with Crippen molar-refractivity contribution in [2.45, 2.75) is 55.9 Å². The third-order valence-corrected chi connectivity index (χ3v) is 7.55. The van der Waals surface area contributed by atoms with Gasteiger partial charge in [0, 0.05) is 10.5 Å². The van der Waals surface area contributed by atoms with E-state index in [2.05, 4.69) is 26.2 Å². The van der Waals surface area contributed by atoms with Crippen LogP contribution in [0.5, 0.6) is 0 Å². The predicted molar refractivity (Wildman–Crippen MR) is 107 cm³/mol. The summed E-state index contributed by atoms with van der Waals surface area (Å²) in [6.07, 6.45) is 6.48. The Labute approximate surface area is 176 Å². The fourth-order valence-electron chi connectivity index (χ4n) is 5.45. The molecule has 4 saturated carbocycles. The Morgan fingerprint density at radius 3 is 2.56 bits per heavy atom. The van der Waals surface area contributed by atoms with Gasteiger partial charge in [0.15, 0.2) is 11.9 Å². The number of esters is 1. The van der Waals surface area contributed by atoms with E-state index in [0.29, 0.717) is 16.9 Å². The summed E-state index contributed by atoms with van der Waals surface area (Å²) >= 11 is 15.7. The number of carbonyl (C=O) groups excluding carboxylic acids is 2. The number of hydrogen-bond acceptors (Lipinski definition) is 4. The lowest BCUT2D eigenvalue weighted by Crippen LogP contribution is -2.56. The SMILES string of the molecule is CC(OC(=O)C12CC3CC(CC(Br)(C3)C1)C2)C(=O)Nc1ncc(Cl)cc1Cl. The second-order valence-electron chi connectivity index (χ2n) is 8.41.